The average Bonchev–Trinajstić information content (AvgIpc) is 2.80. The van der Waals surface area contributed by atoms with E-state index in [0.717, 1.165) is 12.1 Å². The van der Waals surface area contributed by atoms with Gasteiger partial charge in [-0.05, 0) is 18.1 Å². The summed E-state index contributed by atoms with van der Waals surface area (Å²) in [5.74, 6) is -0.403. The summed E-state index contributed by atoms with van der Waals surface area (Å²) in [5.41, 5.74) is 0.154. The van der Waals surface area contributed by atoms with E-state index in [4.69, 9.17) is 0 Å². The summed E-state index contributed by atoms with van der Waals surface area (Å²) in [7, 11) is 0. The molecule has 0 fully saturated rings. The third kappa shape index (κ3) is 3.13. The minimum absolute atomic E-state index is 0.131. The first-order chi connectivity index (χ1) is 9.92. The molecule has 0 N–H and O–H groups in total. The van der Waals surface area contributed by atoms with Crippen LogP contribution in [0.4, 0.5) is 10.1 Å². The van der Waals surface area contributed by atoms with Crippen LogP contribution in [0.3, 0.4) is 0 Å². The van der Waals surface area contributed by atoms with Gasteiger partial charge in [0.1, 0.15) is 11.5 Å². The zero-order valence-corrected chi connectivity index (χ0v) is 11.6. The Kier molecular flexibility index (Phi) is 4.11. The molecule has 0 bridgehead atoms. The van der Waals surface area contributed by atoms with Gasteiger partial charge in [-0.2, -0.15) is 5.10 Å². The summed E-state index contributed by atoms with van der Waals surface area (Å²) in [6.45, 7) is 4.56. The Hall–Kier alpha value is -2.57. The Morgan fingerprint density at radius 2 is 2.19 bits per heavy atom. The molecule has 1 aromatic carbocycles. The molecule has 6 nitrogen and oxygen atoms in total. The van der Waals surface area contributed by atoms with Crippen LogP contribution >= 0.6 is 0 Å². The molecule has 0 saturated heterocycles. The Morgan fingerprint density at radius 3 is 2.76 bits per heavy atom. The lowest BCUT2D eigenvalue weighted by Crippen LogP contribution is -2.04. The van der Waals surface area contributed by atoms with Crippen molar-refractivity contribution in [3.8, 4) is 11.3 Å². The standard InChI is InChI=1S/C14H14FN3O3/c1-9(2)6-17-7-10(8-19)14(16-17)12-4-3-11(15)5-13(12)18(20)21/h3-5,7-9H,6H2,1-2H3. The van der Waals surface area contributed by atoms with Crippen LogP contribution in [0.2, 0.25) is 0 Å². The number of nitro benzene ring substituents is 1. The van der Waals surface area contributed by atoms with Gasteiger partial charge in [-0.3, -0.25) is 19.6 Å². The second-order valence-corrected chi connectivity index (χ2v) is 5.09. The van der Waals surface area contributed by atoms with Gasteiger partial charge in [0, 0.05) is 12.7 Å². The minimum atomic E-state index is -0.709. The molecule has 0 aliphatic carbocycles. The molecule has 0 unspecified atom stereocenters. The average molecular weight is 291 g/mol. The number of carbonyl (C=O) groups excluding carboxylic acids is 1. The van der Waals surface area contributed by atoms with Crippen LogP contribution in [-0.2, 0) is 6.54 Å². The molecular formula is C14H14FN3O3. The van der Waals surface area contributed by atoms with Gasteiger partial charge in [0.25, 0.3) is 5.69 Å². The second-order valence-electron chi connectivity index (χ2n) is 5.09. The summed E-state index contributed by atoms with van der Waals surface area (Å²) in [6, 6.07) is 3.20. The number of aldehydes is 1. The third-order valence-corrected chi connectivity index (χ3v) is 2.88. The van der Waals surface area contributed by atoms with Crippen molar-refractivity contribution in [2.75, 3.05) is 0 Å². The predicted molar refractivity (Wildman–Crippen MR) is 74.5 cm³/mol. The smallest absolute Gasteiger partial charge is 0.281 e. The molecule has 0 aliphatic heterocycles. The van der Waals surface area contributed by atoms with Crippen LogP contribution < -0.4 is 0 Å². The molecule has 1 aromatic heterocycles. The number of hydrogen-bond donors (Lipinski definition) is 0. The van der Waals surface area contributed by atoms with E-state index >= 15 is 0 Å². The predicted octanol–water partition coefficient (Wildman–Crippen LogP) is 3.07. The first kappa shape index (κ1) is 14.8. The Bertz CT molecular complexity index is 695. The quantitative estimate of drug-likeness (QED) is 0.482. The first-order valence-electron chi connectivity index (χ1n) is 6.39. The normalized spacial score (nSPS) is 10.9. The highest BCUT2D eigenvalue weighted by molar-refractivity contribution is 5.88. The van der Waals surface area contributed by atoms with Gasteiger partial charge < -0.3 is 0 Å². The SMILES string of the molecule is CC(C)Cn1cc(C=O)c(-c2ccc(F)cc2[N+](=O)[O-])n1. The van der Waals surface area contributed by atoms with Gasteiger partial charge in [0.2, 0.25) is 0 Å². The summed E-state index contributed by atoms with van der Waals surface area (Å²) in [6.07, 6.45) is 2.13. The molecule has 0 aliphatic rings. The van der Waals surface area contributed by atoms with Crippen molar-refractivity contribution in [3.05, 3.63) is 45.9 Å². The maximum atomic E-state index is 13.2. The highest BCUT2D eigenvalue weighted by Gasteiger charge is 2.21. The molecule has 0 radical (unpaired) electrons. The number of aromatic nitrogens is 2. The van der Waals surface area contributed by atoms with Crippen molar-refractivity contribution >= 4 is 12.0 Å². The van der Waals surface area contributed by atoms with Crippen molar-refractivity contribution in [1.29, 1.82) is 0 Å². The van der Waals surface area contributed by atoms with Gasteiger partial charge >= 0.3 is 0 Å². The molecule has 7 heteroatoms. The van der Waals surface area contributed by atoms with Crippen LogP contribution in [-0.4, -0.2) is 21.0 Å². The molecular weight excluding hydrogens is 277 g/mol. The molecule has 0 spiro atoms. The monoisotopic (exact) mass is 291 g/mol. The third-order valence-electron chi connectivity index (χ3n) is 2.88. The number of halogens is 1. The van der Waals surface area contributed by atoms with Gasteiger partial charge in [-0.15, -0.1) is 0 Å². The zero-order chi connectivity index (χ0) is 15.6. The van der Waals surface area contributed by atoms with Crippen LogP contribution in [0.25, 0.3) is 11.3 Å². The van der Waals surface area contributed by atoms with Crippen LogP contribution in [0.15, 0.2) is 24.4 Å². The maximum Gasteiger partial charge on any atom is 0.281 e. The highest BCUT2D eigenvalue weighted by atomic mass is 19.1. The molecule has 2 aromatic rings. The van der Waals surface area contributed by atoms with E-state index in [-0.39, 0.29) is 16.8 Å². The van der Waals surface area contributed by atoms with Crippen molar-refractivity contribution in [1.82, 2.24) is 9.78 Å². The fourth-order valence-electron chi connectivity index (χ4n) is 2.06. The summed E-state index contributed by atoms with van der Waals surface area (Å²) >= 11 is 0. The second kappa shape index (κ2) is 5.82. The van der Waals surface area contributed by atoms with Crippen LogP contribution in [0.1, 0.15) is 24.2 Å². The number of hydrogen-bond acceptors (Lipinski definition) is 4. The van der Waals surface area contributed by atoms with E-state index in [0.29, 0.717) is 18.7 Å². The fraction of sp³-hybridized carbons (Fsp3) is 0.286. The fourth-order valence-corrected chi connectivity index (χ4v) is 2.06. The van der Waals surface area contributed by atoms with Gasteiger partial charge in [-0.25, -0.2) is 4.39 Å². The Morgan fingerprint density at radius 1 is 1.48 bits per heavy atom. The lowest BCUT2D eigenvalue weighted by atomic mass is 10.1. The van der Waals surface area contributed by atoms with Gasteiger partial charge in [0.15, 0.2) is 6.29 Å². The first-order valence-corrected chi connectivity index (χ1v) is 6.39. The van der Waals surface area contributed by atoms with Crippen molar-refractivity contribution in [2.24, 2.45) is 5.92 Å². The number of nitro groups is 1. The molecule has 2 rings (SSSR count). The van der Waals surface area contributed by atoms with E-state index in [2.05, 4.69) is 5.10 Å². The highest BCUT2D eigenvalue weighted by Crippen LogP contribution is 2.31. The van der Waals surface area contributed by atoms with Crippen molar-refractivity contribution < 1.29 is 14.1 Å². The molecule has 1 heterocycles. The molecule has 0 atom stereocenters. The van der Waals surface area contributed by atoms with Crippen LogP contribution in [0, 0.1) is 21.8 Å². The summed E-state index contributed by atoms with van der Waals surface area (Å²) in [5, 5.41) is 15.3. The number of benzene rings is 1. The minimum Gasteiger partial charge on any atom is -0.298 e. The number of nitrogens with zero attached hydrogens (tertiary/aromatic N) is 3. The molecule has 21 heavy (non-hydrogen) atoms. The van der Waals surface area contributed by atoms with Gasteiger partial charge in [-0.1, -0.05) is 13.8 Å². The topological polar surface area (TPSA) is 78.0 Å². The maximum absolute atomic E-state index is 13.2. The Balaban J connectivity index is 2.58. The molecule has 110 valence electrons. The van der Waals surface area contributed by atoms with E-state index < -0.39 is 16.4 Å². The molecule has 0 amide bonds. The summed E-state index contributed by atoms with van der Waals surface area (Å²) < 4.78 is 14.7. The largest absolute Gasteiger partial charge is 0.298 e. The Labute approximate surface area is 120 Å². The lowest BCUT2D eigenvalue weighted by molar-refractivity contribution is -0.384. The molecule has 0 saturated carbocycles. The zero-order valence-electron chi connectivity index (χ0n) is 11.6. The van der Waals surface area contributed by atoms with E-state index in [1.165, 1.54) is 12.3 Å². The number of carbonyl (C=O) groups is 1. The summed E-state index contributed by atoms with van der Waals surface area (Å²) in [4.78, 5) is 21.5. The van der Waals surface area contributed by atoms with E-state index in [9.17, 15) is 19.3 Å². The number of rotatable bonds is 5. The van der Waals surface area contributed by atoms with Gasteiger partial charge in [0.05, 0.1) is 22.1 Å². The van der Waals surface area contributed by atoms with Crippen molar-refractivity contribution in [2.45, 2.75) is 20.4 Å². The van der Waals surface area contributed by atoms with E-state index in [1.807, 2.05) is 13.8 Å². The van der Waals surface area contributed by atoms with E-state index in [1.54, 1.807) is 4.68 Å². The van der Waals surface area contributed by atoms with Crippen LogP contribution in [0.5, 0.6) is 0 Å². The van der Waals surface area contributed by atoms with Crippen molar-refractivity contribution in [3.63, 3.8) is 0 Å². The lowest BCUT2D eigenvalue weighted by Gasteiger charge is -2.04.